The number of carbonyl (C=O) groups is 2. The van der Waals surface area contributed by atoms with Gasteiger partial charge in [0.1, 0.15) is 0 Å². The fraction of sp³-hybridized carbons (Fsp3) is 0.300. The lowest BCUT2D eigenvalue weighted by molar-refractivity contribution is -0.917. The average Bonchev–Trinajstić information content (AvgIpc) is 2.67. The topological polar surface area (TPSA) is 53.9 Å². The van der Waals surface area contributed by atoms with Crippen LogP contribution in [0.3, 0.4) is 0 Å². The summed E-state index contributed by atoms with van der Waals surface area (Å²) in [6, 6.07) is 16.3. The van der Waals surface area contributed by atoms with Crippen molar-refractivity contribution in [1.82, 2.24) is 4.90 Å². The van der Waals surface area contributed by atoms with Gasteiger partial charge in [0.25, 0.3) is 11.8 Å². The minimum Gasteiger partial charge on any atom is -0.327 e. The lowest BCUT2D eigenvalue weighted by Gasteiger charge is -2.34. The molecular formula is C20H23ClN3O2+. The molecule has 2 aromatic carbocycles. The third kappa shape index (κ3) is 4.42. The van der Waals surface area contributed by atoms with Crippen molar-refractivity contribution in [3.63, 3.8) is 0 Å². The number of amides is 2. The minimum absolute atomic E-state index is 0.0369. The van der Waals surface area contributed by atoms with Crippen LogP contribution in [0.2, 0.25) is 5.02 Å². The molecule has 0 unspecified atom stereocenters. The van der Waals surface area contributed by atoms with Gasteiger partial charge in [-0.25, -0.2) is 0 Å². The molecule has 1 heterocycles. The number of rotatable bonds is 4. The summed E-state index contributed by atoms with van der Waals surface area (Å²) in [4.78, 5) is 28.1. The number of carbonyl (C=O) groups excluding carboxylic acids is 2. The largest absolute Gasteiger partial charge is 0.327 e. The number of halogens is 1. The van der Waals surface area contributed by atoms with Gasteiger partial charge in [0, 0.05) is 16.3 Å². The van der Waals surface area contributed by atoms with Crippen molar-refractivity contribution < 1.29 is 14.5 Å². The highest BCUT2D eigenvalue weighted by molar-refractivity contribution is 6.30. The van der Waals surface area contributed by atoms with Gasteiger partial charge in [-0.05, 0) is 37.3 Å². The van der Waals surface area contributed by atoms with Crippen LogP contribution in [0.15, 0.2) is 54.6 Å². The van der Waals surface area contributed by atoms with E-state index in [1.807, 2.05) is 54.3 Å². The molecule has 1 fully saturated rings. The lowest BCUT2D eigenvalue weighted by Crippen LogP contribution is -3.19. The van der Waals surface area contributed by atoms with Crippen LogP contribution in [0.1, 0.15) is 17.3 Å². The fourth-order valence-corrected chi connectivity index (χ4v) is 3.39. The van der Waals surface area contributed by atoms with Crippen molar-refractivity contribution in [2.45, 2.75) is 13.0 Å². The zero-order chi connectivity index (χ0) is 18.5. The summed E-state index contributed by atoms with van der Waals surface area (Å²) in [5.41, 5.74) is 1.41. The van der Waals surface area contributed by atoms with Gasteiger partial charge in [-0.3, -0.25) is 9.59 Å². The van der Waals surface area contributed by atoms with Crippen LogP contribution in [-0.2, 0) is 4.79 Å². The van der Waals surface area contributed by atoms with Gasteiger partial charge in [-0.1, -0.05) is 35.9 Å². The van der Waals surface area contributed by atoms with Crippen LogP contribution in [0.4, 0.5) is 5.69 Å². The normalized spacial score (nSPS) is 16.2. The van der Waals surface area contributed by atoms with Gasteiger partial charge in [-0.15, -0.1) is 0 Å². The Morgan fingerprint density at radius 3 is 2.42 bits per heavy atom. The minimum atomic E-state index is -0.192. The highest BCUT2D eigenvalue weighted by Crippen LogP contribution is 2.14. The predicted molar refractivity (Wildman–Crippen MR) is 103 cm³/mol. The lowest BCUT2D eigenvalue weighted by atomic mass is 10.1. The average molecular weight is 373 g/mol. The van der Waals surface area contributed by atoms with E-state index < -0.39 is 0 Å². The van der Waals surface area contributed by atoms with E-state index in [0.717, 1.165) is 13.1 Å². The van der Waals surface area contributed by atoms with Gasteiger partial charge in [0.05, 0.1) is 26.2 Å². The van der Waals surface area contributed by atoms with Crippen LogP contribution in [0, 0.1) is 0 Å². The Labute approximate surface area is 158 Å². The maximum atomic E-state index is 12.5. The Kier molecular flexibility index (Phi) is 5.91. The number of quaternary nitrogens is 1. The highest BCUT2D eigenvalue weighted by Gasteiger charge is 2.31. The number of anilines is 1. The maximum Gasteiger partial charge on any atom is 0.282 e. The van der Waals surface area contributed by atoms with Crippen molar-refractivity contribution >= 4 is 29.1 Å². The summed E-state index contributed by atoms with van der Waals surface area (Å²) in [5.74, 6) is 0.0192. The molecule has 0 bridgehead atoms. The van der Waals surface area contributed by atoms with Crippen LogP contribution in [0.5, 0.6) is 0 Å². The second-order valence-electron chi connectivity index (χ2n) is 6.54. The first kappa shape index (κ1) is 18.4. The molecule has 0 saturated carbocycles. The van der Waals surface area contributed by atoms with Crippen LogP contribution < -0.4 is 10.2 Å². The molecule has 2 aromatic rings. The Morgan fingerprint density at radius 1 is 1.08 bits per heavy atom. The smallest absolute Gasteiger partial charge is 0.282 e. The number of hydrogen-bond donors (Lipinski definition) is 2. The quantitative estimate of drug-likeness (QED) is 0.858. The zero-order valence-corrected chi connectivity index (χ0v) is 15.5. The summed E-state index contributed by atoms with van der Waals surface area (Å²) in [5, 5.41) is 3.51. The SMILES string of the molecule is C[C@H](C(=O)Nc1cccc(Cl)c1)[NH+]1CCN(C(=O)c2ccccc2)CC1. The van der Waals surface area contributed by atoms with E-state index >= 15 is 0 Å². The fourth-order valence-electron chi connectivity index (χ4n) is 3.20. The Morgan fingerprint density at radius 2 is 1.77 bits per heavy atom. The third-order valence-corrected chi connectivity index (χ3v) is 5.05. The number of hydrogen-bond acceptors (Lipinski definition) is 2. The molecule has 0 aromatic heterocycles. The molecule has 2 N–H and O–H groups in total. The van der Waals surface area contributed by atoms with Crippen LogP contribution in [-0.4, -0.2) is 48.9 Å². The molecular weight excluding hydrogens is 350 g/mol. The molecule has 1 saturated heterocycles. The first-order chi connectivity index (χ1) is 12.5. The van der Waals surface area contributed by atoms with Gasteiger partial charge in [0.2, 0.25) is 0 Å². The molecule has 6 heteroatoms. The molecule has 5 nitrogen and oxygen atoms in total. The molecule has 136 valence electrons. The third-order valence-electron chi connectivity index (χ3n) is 4.81. The first-order valence-electron chi connectivity index (χ1n) is 8.80. The second kappa shape index (κ2) is 8.34. The van der Waals surface area contributed by atoms with Crippen molar-refractivity contribution in [3.8, 4) is 0 Å². The van der Waals surface area contributed by atoms with E-state index in [9.17, 15) is 9.59 Å². The predicted octanol–water partition coefficient (Wildman–Crippen LogP) is 1.71. The van der Waals surface area contributed by atoms with Crippen molar-refractivity contribution in [1.29, 1.82) is 0 Å². The van der Waals surface area contributed by atoms with E-state index in [2.05, 4.69) is 5.32 Å². The Hall–Kier alpha value is -2.37. The Bertz CT molecular complexity index is 774. The molecule has 3 rings (SSSR count). The molecule has 0 radical (unpaired) electrons. The summed E-state index contributed by atoms with van der Waals surface area (Å²) in [7, 11) is 0. The van der Waals surface area contributed by atoms with E-state index in [4.69, 9.17) is 11.6 Å². The molecule has 1 aliphatic heterocycles. The number of nitrogens with zero attached hydrogens (tertiary/aromatic N) is 1. The summed E-state index contributed by atoms with van der Waals surface area (Å²) >= 11 is 5.96. The number of nitrogens with one attached hydrogen (secondary N) is 2. The van der Waals surface area contributed by atoms with Crippen molar-refractivity contribution in [2.75, 3.05) is 31.5 Å². The monoisotopic (exact) mass is 372 g/mol. The van der Waals surface area contributed by atoms with Gasteiger partial charge >= 0.3 is 0 Å². The highest BCUT2D eigenvalue weighted by atomic mass is 35.5. The molecule has 0 spiro atoms. The molecule has 1 atom stereocenters. The molecule has 1 aliphatic rings. The number of benzene rings is 2. The van der Waals surface area contributed by atoms with Crippen molar-refractivity contribution in [2.24, 2.45) is 0 Å². The molecule has 0 aliphatic carbocycles. The van der Waals surface area contributed by atoms with E-state index in [-0.39, 0.29) is 17.9 Å². The van der Waals surface area contributed by atoms with E-state index in [1.165, 1.54) is 4.90 Å². The van der Waals surface area contributed by atoms with E-state index in [0.29, 0.717) is 29.4 Å². The van der Waals surface area contributed by atoms with Gasteiger partial charge in [0.15, 0.2) is 6.04 Å². The summed E-state index contributed by atoms with van der Waals surface area (Å²) < 4.78 is 0. The standard InChI is InChI=1S/C20H22ClN3O2/c1-15(19(25)22-18-9-5-8-17(21)14-18)23-10-12-24(13-11-23)20(26)16-6-3-2-4-7-16/h2-9,14-15H,10-13H2,1H3,(H,22,25)/p+1/t15-/m1/s1. The summed E-state index contributed by atoms with van der Waals surface area (Å²) in [6.45, 7) is 4.73. The molecule has 26 heavy (non-hydrogen) atoms. The van der Waals surface area contributed by atoms with Gasteiger partial charge < -0.3 is 15.1 Å². The van der Waals surface area contributed by atoms with Gasteiger partial charge in [-0.2, -0.15) is 0 Å². The molecule has 2 amide bonds. The zero-order valence-electron chi connectivity index (χ0n) is 14.7. The Balaban J connectivity index is 1.54. The summed E-state index contributed by atoms with van der Waals surface area (Å²) in [6.07, 6.45) is 0. The van der Waals surface area contributed by atoms with E-state index in [1.54, 1.807) is 12.1 Å². The maximum absolute atomic E-state index is 12.5. The van der Waals surface area contributed by atoms with Crippen LogP contribution >= 0.6 is 11.6 Å². The first-order valence-corrected chi connectivity index (χ1v) is 9.18. The van der Waals surface area contributed by atoms with Crippen LogP contribution in [0.25, 0.3) is 0 Å². The van der Waals surface area contributed by atoms with Crippen molar-refractivity contribution in [3.05, 3.63) is 65.2 Å². The number of piperazine rings is 1. The second-order valence-corrected chi connectivity index (χ2v) is 6.97.